The summed E-state index contributed by atoms with van der Waals surface area (Å²) in [5.74, 6) is 0.458. The van der Waals surface area contributed by atoms with Crippen molar-refractivity contribution >= 4 is 22.8 Å². The van der Waals surface area contributed by atoms with Crippen LogP contribution in [0, 0.1) is 0 Å². The molecule has 0 atom stereocenters. The number of carboxylic acids is 1. The summed E-state index contributed by atoms with van der Waals surface area (Å²) >= 11 is 0. The number of rotatable bonds is 9. The number of carboxylic acid groups (broad SMARTS) is 1. The molecule has 1 N–H and O–H groups in total. The molecule has 0 radical (unpaired) electrons. The monoisotopic (exact) mass is 376 g/mol. The SMILES string of the molecule is CCCc1ccc(OCCOc2ccc3ccccc3c2C=CC(=O)O)cc1. The van der Waals surface area contributed by atoms with Crippen LogP contribution in [0.2, 0.25) is 0 Å². The second-order valence-corrected chi connectivity index (χ2v) is 6.46. The minimum atomic E-state index is -0.992. The van der Waals surface area contributed by atoms with Crippen LogP contribution in [0.15, 0.2) is 66.7 Å². The van der Waals surface area contributed by atoms with E-state index < -0.39 is 5.97 Å². The molecule has 0 aliphatic rings. The summed E-state index contributed by atoms with van der Waals surface area (Å²) < 4.78 is 11.6. The first-order valence-electron chi connectivity index (χ1n) is 9.44. The number of hydrogen-bond acceptors (Lipinski definition) is 3. The van der Waals surface area contributed by atoms with Crippen molar-refractivity contribution in [3.63, 3.8) is 0 Å². The lowest BCUT2D eigenvalue weighted by molar-refractivity contribution is -0.131. The maximum absolute atomic E-state index is 11.0. The van der Waals surface area contributed by atoms with Gasteiger partial charge in [0.05, 0.1) is 0 Å². The van der Waals surface area contributed by atoms with Gasteiger partial charge in [0.2, 0.25) is 0 Å². The van der Waals surface area contributed by atoms with Gasteiger partial charge in [-0.15, -0.1) is 0 Å². The van der Waals surface area contributed by atoms with E-state index in [1.807, 2.05) is 48.5 Å². The molecule has 0 bridgehead atoms. The van der Waals surface area contributed by atoms with E-state index in [4.69, 9.17) is 14.6 Å². The summed E-state index contributed by atoms with van der Waals surface area (Å²) in [6.07, 6.45) is 4.90. The number of ether oxygens (including phenoxy) is 2. The normalized spacial score (nSPS) is 11.0. The topological polar surface area (TPSA) is 55.8 Å². The first-order valence-corrected chi connectivity index (χ1v) is 9.44. The molecule has 3 aromatic carbocycles. The number of aryl methyl sites for hydroxylation is 1. The lowest BCUT2D eigenvalue weighted by Crippen LogP contribution is -2.09. The summed E-state index contributed by atoms with van der Waals surface area (Å²) in [7, 11) is 0. The van der Waals surface area contributed by atoms with E-state index in [0.717, 1.165) is 41.0 Å². The molecule has 4 heteroatoms. The Kier molecular flexibility index (Phi) is 6.68. The van der Waals surface area contributed by atoms with Gasteiger partial charge < -0.3 is 14.6 Å². The van der Waals surface area contributed by atoms with Crippen molar-refractivity contribution in [1.29, 1.82) is 0 Å². The summed E-state index contributed by atoms with van der Waals surface area (Å²) in [4.78, 5) is 11.0. The van der Waals surface area contributed by atoms with Crippen molar-refractivity contribution in [1.82, 2.24) is 0 Å². The zero-order chi connectivity index (χ0) is 19.8. The average Bonchev–Trinajstić information content (AvgIpc) is 2.71. The van der Waals surface area contributed by atoms with Crippen LogP contribution in [-0.2, 0) is 11.2 Å². The van der Waals surface area contributed by atoms with Crippen molar-refractivity contribution in [2.45, 2.75) is 19.8 Å². The molecule has 144 valence electrons. The highest BCUT2D eigenvalue weighted by Crippen LogP contribution is 2.29. The average molecular weight is 376 g/mol. The highest BCUT2D eigenvalue weighted by atomic mass is 16.5. The van der Waals surface area contributed by atoms with E-state index in [0.29, 0.717) is 19.0 Å². The van der Waals surface area contributed by atoms with Gasteiger partial charge in [0.1, 0.15) is 24.7 Å². The minimum absolute atomic E-state index is 0.364. The van der Waals surface area contributed by atoms with Crippen LogP contribution in [0.25, 0.3) is 16.8 Å². The number of benzene rings is 3. The molecule has 3 aromatic rings. The first kappa shape index (κ1) is 19.5. The van der Waals surface area contributed by atoms with Crippen LogP contribution < -0.4 is 9.47 Å². The summed E-state index contributed by atoms with van der Waals surface area (Å²) in [5.41, 5.74) is 2.06. The van der Waals surface area contributed by atoms with Gasteiger partial charge >= 0.3 is 5.97 Å². The molecule has 0 saturated carbocycles. The lowest BCUT2D eigenvalue weighted by atomic mass is 10.0. The van der Waals surface area contributed by atoms with Crippen LogP contribution in [-0.4, -0.2) is 24.3 Å². The Labute approximate surface area is 165 Å². The molecular formula is C24H24O4. The van der Waals surface area contributed by atoms with Crippen LogP contribution in [0.3, 0.4) is 0 Å². The third kappa shape index (κ3) is 5.13. The molecule has 28 heavy (non-hydrogen) atoms. The molecule has 0 aliphatic heterocycles. The third-order valence-electron chi connectivity index (χ3n) is 4.39. The molecular weight excluding hydrogens is 352 g/mol. The Morgan fingerprint density at radius 1 is 0.964 bits per heavy atom. The van der Waals surface area contributed by atoms with Gasteiger partial charge in [0.15, 0.2) is 0 Å². The summed E-state index contributed by atoms with van der Waals surface area (Å²) in [6, 6.07) is 19.8. The van der Waals surface area contributed by atoms with Crippen molar-refractivity contribution in [3.8, 4) is 11.5 Å². The smallest absolute Gasteiger partial charge is 0.328 e. The largest absolute Gasteiger partial charge is 0.490 e. The van der Waals surface area contributed by atoms with E-state index in [9.17, 15) is 4.79 Å². The first-order chi connectivity index (χ1) is 13.7. The molecule has 0 aliphatic carbocycles. The van der Waals surface area contributed by atoms with Crippen LogP contribution >= 0.6 is 0 Å². The van der Waals surface area contributed by atoms with E-state index in [-0.39, 0.29) is 0 Å². The standard InChI is InChI=1S/C24H24O4/c1-2-5-18-8-11-20(12-9-18)27-16-17-28-23-14-10-19-6-3-4-7-21(19)22(23)13-15-24(25)26/h3-4,6-15H,2,5,16-17H2,1H3,(H,25,26). The molecule has 0 unspecified atom stereocenters. The Hall–Kier alpha value is -3.27. The molecule has 0 amide bonds. The number of aliphatic carboxylic acids is 1. The molecule has 0 fully saturated rings. The van der Waals surface area contributed by atoms with E-state index in [1.165, 1.54) is 5.56 Å². The Morgan fingerprint density at radius 2 is 1.71 bits per heavy atom. The van der Waals surface area contributed by atoms with Crippen molar-refractivity contribution in [3.05, 3.63) is 77.9 Å². The Morgan fingerprint density at radius 3 is 2.46 bits per heavy atom. The van der Waals surface area contributed by atoms with Gasteiger partial charge in [-0.1, -0.05) is 55.8 Å². The van der Waals surface area contributed by atoms with Crippen LogP contribution in [0.1, 0.15) is 24.5 Å². The maximum Gasteiger partial charge on any atom is 0.328 e. The van der Waals surface area contributed by atoms with E-state index in [2.05, 4.69) is 19.1 Å². The van der Waals surface area contributed by atoms with Gasteiger partial charge in [-0.05, 0) is 47.0 Å². The minimum Gasteiger partial charge on any atom is -0.490 e. The van der Waals surface area contributed by atoms with Gasteiger partial charge in [-0.2, -0.15) is 0 Å². The van der Waals surface area contributed by atoms with Gasteiger partial charge in [0, 0.05) is 11.6 Å². The predicted molar refractivity (Wildman–Crippen MR) is 112 cm³/mol. The second-order valence-electron chi connectivity index (χ2n) is 6.46. The van der Waals surface area contributed by atoms with E-state index in [1.54, 1.807) is 6.08 Å². The number of carbonyl (C=O) groups is 1. The fourth-order valence-corrected chi connectivity index (χ4v) is 3.08. The lowest BCUT2D eigenvalue weighted by Gasteiger charge is -2.13. The fourth-order valence-electron chi connectivity index (χ4n) is 3.08. The molecule has 0 heterocycles. The maximum atomic E-state index is 11.0. The fraction of sp³-hybridized carbons (Fsp3) is 0.208. The van der Waals surface area contributed by atoms with Gasteiger partial charge in [0.25, 0.3) is 0 Å². The second kappa shape index (κ2) is 9.60. The third-order valence-corrected chi connectivity index (χ3v) is 4.39. The highest BCUT2D eigenvalue weighted by molar-refractivity contribution is 5.96. The molecule has 3 rings (SSSR count). The zero-order valence-electron chi connectivity index (χ0n) is 15.9. The molecule has 4 nitrogen and oxygen atoms in total. The summed E-state index contributed by atoms with van der Waals surface area (Å²) in [5, 5.41) is 11.0. The number of hydrogen-bond donors (Lipinski definition) is 1. The van der Waals surface area contributed by atoms with Crippen LogP contribution in [0.4, 0.5) is 0 Å². The van der Waals surface area contributed by atoms with Gasteiger partial charge in [-0.3, -0.25) is 0 Å². The van der Waals surface area contributed by atoms with Crippen molar-refractivity contribution < 1.29 is 19.4 Å². The number of fused-ring (bicyclic) bond motifs is 1. The summed E-state index contributed by atoms with van der Waals surface area (Å²) in [6.45, 7) is 2.93. The zero-order valence-corrected chi connectivity index (χ0v) is 15.9. The Bertz CT molecular complexity index is 958. The van der Waals surface area contributed by atoms with Crippen molar-refractivity contribution in [2.75, 3.05) is 13.2 Å². The molecule has 0 spiro atoms. The van der Waals surface area contributed by atoms with Crippen molar-refractivity contribution in [2.24, 2.45) is 0 Å². The highest BCUT2D eigenvalue weighted by Gasteiger charge is 2.07. The Balaban J connectivity index is 1.66. The quantitative estimate of drug-likeness (QED) is 0.404. The predicted octanol–water partition coefficient (Wildman–Crippen LogP) is 5.35. The van der Waals surface area contributed by atoms with E-state index >= 15 is 0 Å². The molecule has 0 aromatic heterocycles. The van der Waals surface area contributed by atoms with Crippen LogP contribution in [0.5, 0.6) is 11.5 Å². The van der Waals surface area contributed by atoms with Gasteiger partial charge in [-0.25, -0.2) is 4.79 Å². The molecule has 0 saturated heterocycles.